The Bertz CT molecular complexity index is 1310. The van der Waals surface area contributed by atoms with Gasteiger partial charge in [-0.05, 0) is 80.6 Å². The SMILES string of the molecule is CCCn1c(=NC(=O)c2ccc(S(=O)(=O)N3CCCCC3)cc2)sc2cc(C)c(C)cc21. The number of rotatable bonds is 5. The molecule has 4 rings (SSSR count). The van der Waals surface area contributed by atoms with Gasteiger partial charge in [0.2, 0.25) is 10.0 Å². The fraction of sp³-hybridized carbons (Fsp3) is 0.417. The van der Waals surface area contributed by atoms with Gasteiger partial charge in [-0.2, -0.15) is 9.30 Å². The van der Waals surface area contributed by atoms with E-state index in [0.717, 1.165) is 42.4 Å². The number of carbonyl (C=O) groups excluding carboxylic acids is 1. The molecule has 32 heavy (non-hydrogen) atoms. The van der Waals surface area contributed by atoms with Crippen LogP contribution in [0.5, 0.6) is 0 Å². The van der Waals surface area contributed by atoms with E-state index in [1.165, 1.54) is 38.9 Å². The lowest BCUT2D eigenvalue weighted by atomic mass is 10.1. The fourth-order valence-electron chi connectivity index (χ4n) is 4.02. The number of nitrogens with zero attached hydrogens (tertiary/aromatic N) is 3. The molecule has 1 fully saturated rings. The summed E-state index contributed by atoms with van der Waals surface area (Å²) in [7, 11) is -3.51. The lowest BCUT2D eigenvalue weighted by Gasteiger charge is -2.25. The van der Waals surface area contributed by atoms with Gasteiger partial charge >= 0.3 is 0 Å². The molecular formula is C24H29N3O3S2. The van der Waals surface area contributed by atoms with Crippen molar-refractivity contribution in [3.63, 3.8) is 0 Å². The second-order valence-corrected chi connectivity index (χ2v) is 11.3. The van der Waals surface area contributed by atoms with E-state index in [1.807, 2.05) is 0 Å². The molecule has 1 amide bonds. The number of piperidine rings is 1. The van der Waals surface area contributed by atoms with E-state index >= 15 is 0 Å². The normalized spacial score (nSPS) is 16.0. The van der Waals surface area contributed by atoms with Gasteiger partial charge in [-0.25, -0.2) is 8.42 Å². The minimum Gasteiger partial charge on any atom is -0.316 e. The number of hydrogen-bond acceptors (Lipinski definition) is 4. The van der Waals surface area contributed by atoms with Crippen LogP contribution >= 0.6 is 11.3 Å². The van der Waals surface area contributed by atoms with Gasteiger partial charge in [0.05, 0.1) is 15.1 Å². The van der Waals surface area contributed by atoms with Crippen molar-refractivity contribution >= 4 is 37.5 Å². The first-order valence-corrected chi connectivity index (χ1v) is 13.4. The molecule has 1 aliphatic heterocycles. The Balaban J connectivity index is 1.66. The molecule has 0 saturated carbocycles. The lowest BCUT2D eigenvalue weighted by Crippen LogP contribution is -2.35. The minimum absolute atomic E-state index is 0.227. The smallest absolute Gasteiger partial charge is 0.279 e. The zero-order valence-electron chi connectivity index (χ0n) is 18.8. The van der Waals surface area contributed by atoms with Gasteiger partial charge in [0.25, 0.3) is 5.91 Å². The highest BCUT2D eigenvalue weighted by Crippen LogP contribution is 2.23. The summed E-state index contributed by atoms with van der Waals surface area (Å²) in [5.74, 6) is -0.364. The van der Waals surface area contributed by atoms with Gasteiger partial charge in [0.1, 0.15) is 0 Å². The van der Waals surface area contributed by atoms with Crippen LogP contribution in [0.15, 0.2) is 46.3 Å². The number of thiazole rings is 1. The van der Waals surface area contributed by atoms with Gasteiger partial charge in [0.15, 0.2) is 4.80 Å². The first kappa shape index (κ1) is 22.9. The van der Waals surface area contributed by atoms with E-state index in [1.54, 1.807) is 12.1 Å². The molecule has 1 saturated heterocycles. The Labute approximate surface area is 193 Å². The number of benzene rings is 2. The third-order valence-corrected chi connectivity index (χ3v) is 8.95. The Morgan fingerprint density at radius 1 is 1.03 bits per heavy atom. The summed E-state index contributed by atoms with van der Waals surface area (Å²) in [5, 5.41) is 0. The van der Waals surface area contributed by atoms with E-state index < -0.39 is 10.0 Å². The molecular weight excluding hydrogens is 442 g/mol. The summed E-state index contributed by atoms with van der Waals surface area (Å²) in [6, 6.07) is 10.5. The molecule has 0 atom stereocenters. The highest BCUT2D eigenvalue weighted by Gasteiger charge is 2.26. The zero-order valence-corrected chi connectivity index (χ0v) is 20.4. The van der Waals surface area contributed by atoms with Crippen LogP contribution in [0.4, 0.5) is 0 Å². The maximum atomic E-state index is 12.9. The van der Waals surface area contributed by atoms with Crippen molar-refractivity contribution in [3.8, 4) is 0 Å². The van der Waals surface area contributed by atoms with Gasteiger partial charge in [-0.3, -0.25) is 4.79 Å². The molecule has 1 aliphatic rings. The van der Waals surface area contributed by atoms with Crippen LogP contribution in [0.3, 0.4) is 0 Å². The summed E-state index contributed by atoms with van der Waals surface area (Å²) in [5.41, 5.74) is 3.90. The van der Waals surface area contributed by atoms with Crippen molar-refractivity contribution in [2.24, 2.45) is 4.99 Å². The van der Waals surface area contributed by atoms with Crippen LogP contribution in [0.2, 0.25) is 0 Å². The van der Waals surface area contributed by atoms with Gasteiger partial charge in [-0.15, -0.1) is 0 Å². The molecule has 0 unspecified atom stereocenters. The third-order valence-electron chi connectivity index (χ3n) is 6.00. The summed E-state index contributed by atoms with van der Waals surface area (Å²) in [6.07, 6.45) is 3.78. The van der Waals surface area contributed by atoms with E-state index in [9.17, 15) is 13.2 Å². The average molecular weight is 472 g/mol. The Morgan fingerprint density at radius 3 is 2.34 bits per heavy atom. The molecule has 0 radical (unpaired) electrons. The molecule has 1 aromatic heterocycles. The maximum absolute atomic E-state index is 12.9. The highest BCUT2D eigenvalue weighted by molar-refractivity contribution is 7.89. The Hall–Kier alpha value is -2.29. The number of amides is 1. The third kappa shape index (κ3) is 4.44. The maximum Gasteiger partial charge on any atom is 0.279 e. The average Bonchev–Trinajstić information content (AvgIpc) is 3.10. The second-order valence-electron chi connectivity index (χ2n) is 8.35. The van der Waals surface area contributed by atoms with Crippen molar-refractivity contribution in [1.29, 1.82) is 0 Å². The molecule has 3 aromatic rings. The second kappa shape index (κ2) is 9.29. The first-order chi connectivity index (χ1) is 15.3. The van der Waals surface area contributed by atoms with Crippen molar-refractivity contribution in [1.82, 2.24) is 8.87 Å². The topological polar surface area (TPSA) is 71.7 Å². The molecule has 2 heterocycles. The van der Waals surface area contributed by atoms with Crippen LogP contribution in [0.1, 0.15) is 54.1 Å². The van der Waals surface area contributed by atoms with E-state index in [4.69, 9.17) is 0 Å². The van der Waals surface area contributed by atoms with E-state index in [2.05, 4.69) is 42.5 Å². The van der Waals surface area contributed by atoms with Crippen molar-refractivity contribution in [2.45, 2.75) is 57.9 Å². The quantitative estimate of drug-likeness (QED) is 0.544. The molecule has 0 N–H and O–H groups in total. The summed E-state index contributed by atoms with van der Waals surface area (Å²) >= 11 is 1.51. The highest BCUT2D eigenvalue weighted by atomic mass is 32.2. The number of fused-ring (bicyclic) bond motifs is 1. The fourth-order valence-corrected chi connectivity index (χ4v) is 6.67. The standard InChI is InChI=1S/C24H29N3O3S2/c1-4-12-27-21-15-17(2)18(3)16-22(21)31-24(27)25-23(28)19-8-10-20(11-9-19)32(29,30)26-13-6-5-7-14-26/h8-11,15-16H,4-7,12-14H2,1-3H3. The summed E-state index contributed by atoms with van der Waals surface area (Å²) < 4.78 is 30.4. The van der Waals surface area contributed by atoms with Crippen LogP contribution in [0.25, 0.3) is 10.2 Å². The molecule has 8 heteroatoms. The van der Waals surface area contributed by atoms with Crippen LogP contribution in [-0.2, 0) is 16.6 Å². The summed E-state index contributed by atoms with van der Waals surface area (Å²) in [6.45, 7) is 8.16. The van der Waals surface area contributed by atoms with Crippen LogP contribution < -0.4 is 4.80 Å². The molecule has 0 bridgehead atoms. The van der Waals surface area contributed by atoms with Crippen LogP contribution in [-0.4, -0.2) is 36.3 Å². The van der Waals surface area contributed by atoms with Crippen molar-refractivity contribution in [2.75, 3.05) is 13.1 Å². The van der Waals surface area contributed by atoms with Crippen molar-refractivity contribution in [3.05, 3.63) is 57.9 Å². The lowest BCUT2D eigenvalue weighted by molar-refractivity contribution is 0.0997. The minimum atomic E-state index is -3.51. The molecule has 170 valence electrons. The molecule has 6 nitrogen and oxygen atoms in total. The van der Waals surface area contributed by atoms with Gasteiger partial charge in [-0.1, -0.05) is 24.7 Å². The van der Waals surface area contributed by atoms with Crippen LogP contribution in [0, 0.1) is 13.8 Å². The number of aryl methyl sites for hydroxylation is 3. The largest absolute Gasteiger partial charge is 0.316 e. The zero-order chi connectivity index (χ0) is 22.9. The number of carbonyl (C=O) groups is 1. The van der Waals surface area contributed by atoms with Gasteiger partial charge < -0.3 is 4.57 Å². The number of aromatic nitrogens is 1. The summed E-state index contributed by atoms with van der Waals surface area (Å²) in [4.78, 5) is 18.2. The van der Waals surface area contributed by atoms with Crippen molar-refractivity contribution < 1.29 is 13.2 Å². The Morgan fingerprint density at radius 2 is 1.69 bits per heavy atom. The molecule has 0 spiro atoms. The molecule has 0 aliphatic carbocycles. The van der Waals surface area contributed by atoms with Gasteiger partial charge in [0, 0.05) is 25.2 Å². The molecule has 2 aromatic carbocycles. The van der Waals surface area contributed by atoms with E-state index in [-0.39, 0.29) is 10.8 Å². The monoisotopic (exact) mass is 471 g/mol. The Kier molecular flexibility index (Phi) is 6.65. The van der Waals surface area contributed by atoms with E-state index in [0.29, 0.717) is 23.5 Å². The number of sulfonamides is 1. The predicted molar refractivity (Wildman–Crippen MR) is 129 cm³/mol. The number of hydrogen-bond donors (Lipinski definition) is 0. The first-order valence-electron chi connectivity index (χ1n) is 11.1. The predicted octanol–water partition coefficient (Wildman–Crippen LogP) is 4.65.